The Labute approximate surface area is 82.8 Å². The van der Waals surface area contributed by atoms with E-state index in [1.807, 2.05) is 0 Å². The van der Waals surface area contributed by atoms with Gasteiger partial charge in [0.15, 0.2) is 0 Å². The van der Waals surface area contributed by atoms with Crippen molar-refractivity contribution in [1.82, 2.24) is 0 Å². The minimum absolute atomic E-state index is 0.597. The van der Waals surface area contributed by atoms with Gasteiger partial charge in [0.25, 0.3) is 0 Å². The highest BCUT2D eigenvalue weighted by molar-refractivity contribution is 5.89. The molecule has 1 N–H and O–H groups in total. The van der Waals surface area contributed by atoms with E-state index >= 15 is 0 Å². The van der Waals surface area contributed by atoms with E-state index in [2.05, 4.69) is 0 Å². The number of alkyl halides is 3. The van der Waals surface area contributed by atoms with E-state index in [0.29, 0.717) is 6.07 Å². The van der Waals surface area contributed by atoms with Gasteiger partial charge in [-0.05, 0) is 12.1 Å². The van der Waals surface area contributed by atoms with Gasteiger partial charge in [0, 0.05) is 5.56 Å². The summed E-state index contributed by atoms with van der Waals surface area (Å²) in [5.41, 5.74) is -2.50. The van der Waals surface area contributed by atoms with Crippen molar-refractivity contribution in [3.05, 3.63) is 34.9 Å². The predicted octanol–water partition coefficient (Wildman–Crippen LogP) is 2.33. The van der Waals surface area contributed by atoms with Gasteiger partial charge in [-0.2, -0.15) is 13.2 Å². The molecule has 0 aliphatic rings. The van der Waals surface area contributed by atoms with Crippen LogP contribution in [0.15, 0.2) is 18.2 Å². The second-order valence-corrected chi connectivity index (χ2v) is 2.78. The fourth-order valence-electron chi connectivity index (χ4n) is 1.21. The zero-order valence-electron chi connectivity index (χ0n) is 7.34. The highest BCUT2D eigenvalue weighted by Gasteiger charge is 2.34. The molecule has 0 bridgehead atoms. The predicted molar refractivity (Wildman–Crippen MR) is 42.8 cm³/mol. The first-order valence-corrected chi connectivity index (χ1v) is 3.88. The SMILES string of the molecule is [O]Cc1c(C(=O)O)cccc1C(F)(F)F. The lowest BCUT2D eigenvalue weighted by molar-refractivity contribution is -0.138. The van der Waals surface area contributed by atoms with Gasteiger partial charge >= 0.3 is 12.1 Å². The van der Waals surface area contributed by atoms with Gasteiger partial charge < -0.3 is 5.11 Å². The van der Waals surface area contributed by atoms with Crippen LogP contribution in [0.1, 0.15) is 21.5 Å². The second-order valence-electron chi connectivity index (χ2n) is 2.78. The number of carboxylic acid groups (broad SMARTS) is 1. The summed E-state index contributed by atoms with van der Waals surface area (Å²) in [5.74, 6) is -1.54. The van der Waals surface area contributed by atoms with E-state index in [1.54, 1.807) is 0 Å². The molecule has 3 nitrogen and oxygen atoms in total. The number of carboxylic acids is 1. The Balaban J connectivity index is 3.42. The Morgan fingerprint density at radius 3 is 2.33 bits per heavy atom. The topological polar surface area (TPSA) is 57.2 Å². The lowest BCUT2D eigenvalue weighted by Crippen LogP contribution is -2.13. The van der Waals surface area contributed by atoms with Gasteiger partial charge in [0.05, 0.1) is 11.1 Å². The van der Waals surface area contributed by atoms with Crippen molar-refractivity contribution >= 4 is 5.97 Å². The van der Waals surface area contributed by atoms with E-state index in [1.165, 1.54) is 0 Å². The molecule has 0 aliphatic carbocycles. The van der Waals surface area contributed by atoms with Gasteiger partial charge in [-0.25, -0.2) is 9.90 Å². The van der Waals surface area contributed by atoms with Crippen LogP contribution in [0, 0.1) is 0 Å². The zero-order valence-corrected chi connectivity index (χ0v) is 7.34. The summed E-state index contributed by atoms with van der Waals surface area (Å²) in [5, 5.41) is 19.1. The summed E-state index contributed by atoms with van der Waals surface area (Å²) < 4.78 is 37.0. The van der Waals surface area contributed by atoms with Crippen LogP contribution >= 0.6 is 0 Å². The summed E-state index contributed by atoms with van der Waals surface area (Å²) in [6.07, 6.45) is -4.70. The van der Waals surface area contributed by atoms with Crippen molar-refractivity contribution in [2.45, 2.75) is 12.8 Å². The molecule has 0 amide bonds. The van der Waals surface area contributed by atoms with Crippen LogP contribution in [-0.2, 0) is 17.9 Å². The molecular weight excluding hydrogens is 213 g/mol. The molecule has 0 heterocycles. The van der Waals surface area contributed by atoms with Crippen LogP contribution in [0.5, 0.6) is 0 Å². The van der Waals surface area contributed by atoms with Gasteiger partial charge in [-0.3, -0.25) is 0 Å². The van der Waals surface area contributed by atoms with E-state index in [4.69, 9.17) is 5.11 Å². The third-order valence-corrected chi connectivity index (χ3v) is 1.86. The molecule has 0 spiro atoms. The monoisotopic (exact) mass is 219 g/mol. The number of halogens is 3. The quantitative estimate of drug-likeness (QED) is 0.829. The van der Waals surface area contributed by atoms with E-state index < -0.39 is 35.4 Å². The highest BCUT2D eigenvalue weighted by Crippen LogP contribution is 2.33. The van der Waals surface area contributed by atoms with Gasteiger partial charge in [-0.1, -0.05) is 6.07 Å². The van der Waals surface area contributed by atoms with Crippen LogP contribution in [0.25, 0.3) is 0 Å². The molecule has 0 fully saturated rings. The molecule has 6 heteroatoms. The number of hydrogen-bond acceptors (Lipinski definition) is 1. The summed E-state index contributed by atoms with van der Waals surface area (Å²) >= 11 is 0. The minimum atomic E-state index is -4.70. The Hall–Kier alpha value is -1.56. The lowest BCUT2D eigenvalue weighted by atomic mass is 10.0. The van der Waals surface area contributed by atoms with Crippen LogP contribution in [0.2, 0.25) is 0 Å². The Morgan fingerprint density at radius 1 is 1.33 bits per heavy atom. The van der Waals surface area contributed by atoms with Crippen molar-refractivity contribution < 1.29 is 28.2 Å². The van der Waals surface area contributed by atoms with Gasteiger partial charge in [0.2, 0.25) is 0 Å². The molecule has 1 radical (unpaired) electrons. The number of aromatic carboxylic acids is 1. The summed E-state index contributed by atoms with van der Waals surface area (Å²) in [7, 11) is 0. The number of hydrogen-bond donors (Lipinski definition) is 1. The van der Waals surface area contributed by atoms with Crippen LogP contribution in [0.4, 0.5) is 13.2 Å². The maximum absolute atomic E-state index is 12.3. The molecule has 0 aromatic heterocycles. The minimum Gasteiger partial charge on any atom is -0.478 e. The Bertz CT molecular complexity index is 385. The molecule has 15 heavy (non-hydrogen) atoms. The molecule has 0 atom stereocenters. The smallest absolute Gasteiger partial charge is 0.416 e. The van der Waals surface area contributed by atoms with Gasteiger partial charge in [-0.15, -0.1) is 0 Å². The fourth-order valence-corrected chi connectivity index (χ4v) is 1.21. The first-order chi connectivity index (χ1) is 6.88. The van der Waals surface area contributed by atoms with Crippen molar-refractivity contribution in [3.63, 3.8) is 0 Å². The van der Waals surface area contributed by atoms with E-state index in [9.17, 15) is 23.1 Å². The summed E-state index contributed by atoms with van der Waals surface area (Å²) in [6, 6.07) is 2.63. The van der Waals surface area contributed by atoms with E-state index in [0.717, 1.165) is 12.1 Å². The zero-order chi connectivity index (χ0) is 11.6. The number of rotatable bonds is 2. The summed E-state index contributed by atoms with van der Waals surface area (Å²) in [4.78, 5) is 10.6. The van der Waals surface area contributed by atoms with Crippen molar-refractivity contribution in [1.29, 1.82) is 0 Å². The van der Waals surface area contributed by atoms with Crippen molar-refractivity contribution in [3.8, 4) is 0 Å². The number of carbonyl (C=O) groups is 1. The fraction of sp³-hybridized carbons (Fsp3) is 0.222. The Kier molecular flexibility index (Phi) is 2.99. The average Bonchev–Trinajstić information content (AvgIpc) is 2.15. The molecule has 0 saturated carbocycles. The standard InChI is InChI=1S/C9H6F3O3/c10-9(11,12)7-3-1-2-5(8(14)15)6(7)4-13/h1-3H,4H2,(H,14,15). The molecule has 81 valence electrons. The molecule has 0 saturated heterocycles. The third-order valence-electron chi connectivity index (χ3n) is 1.86. The third kappa shape index (κ3) is 2.27. The van der Waals surface area contributed by atoms with Gasteiger partial charge in [0.1, 0.15) is 6.61 Å². The van der Waals surface area contributed by atoms with Crippen molar-refractivity contribution in [2.75, 3.05) is 0 Å². The Morgan fingerprint density at radius 2 is 1.93 bits per heavy atom. The van der Waals surface area contributed by atoms with E-state index in [-0.39, 0.29) is 0 Å². The normalized spacial score (nSPS) is 11.5. The van der Waals surface area contributed by atoms with Crippen molar-refractivity contribution in [2.24, 2.45) is 0 Å². The molecule has 1 rings (SSSR count). The second kappa shape index (κ2) is 3.90. The average molecular weight is 219 g/mol. The molecule has 1 aromatic carbocycles. The summed E-state index contributed by atoms with van der Waals surface area (Å²) in [6.45, 7) is -1.21. The highest BCUT2D eigenvalue weighted by atomic mass is 19.4. The molecule has 0 unspecified atom stereocenters. The maximum atomic E-state index is 12.3. The molecular formula is C9H6F3O3. The van der Waals surface area contributed by atoms with Crippen LogP contribution in [-0.4, -0.2) is 11.1 Å². The first-order valence-electron chi connectivity index (χ1n) is 3.88. The maximum Gasteiger partial charge on any atom is 0.416 e. The largest absolute Gasteiger partial charge is 0.478 e. The molecule has 1 aromatic rings. The number of benzene rings is 1. The van der Waals surface area contributed by atoms with Crippen LogP contribution in [0.3, 0.4) is 0 Å². The van der Waals surface area contributed by atoms with Crippen LogP contribution < -0.4 is 0 Å². The first kappa shape index (κ1) is 11.5. The lowest BCUT2D eigenvalue weighted by Gasteiger charge is -2.12. The molecule has 0 aliphatic heterocycles.